The van der Waals surface area contributed by atoms with E-state index < -0.39 is 0 Å². The zero-order valence-electron chi connectivity index (χ0n) is 33.9. The Balaban J connectivity index is 0.984. The summed E-state index contributed by atoms with van der Waals surface area (Å²) in [5.41, 5.74) is 5.25. The molecule has 0 unspecified atom stereocenters. The molecule has 0 bridgehead atoms. The van der Waals surface area contributed by atoms with Crippen molar-refractivity contribution in [3.05, 3.63) is 65.7 Å². The molecule has 0 aromatic heterocycles. The van der Waals surface area contributed by atoms with Crippen LogP contribution in [0, 0.1) is 46.3 Å². The average Bonchev–Trinajstić information content (AvgIpc) is 3.50. The van der Waals surface area contributed by atoms with Gasteiger partial charge in [-0.1, -0.05) is 135 Å². The van der Waals surface area contributed by atoms with Gasteiger partial charge in [-0.3, -0.25) is 0 Å². The molecule has 0 aliphatic heterocycles. The summed E-state index contributed by atoms with van der Waals surface area (Å²) in [6.07, 6.45) is 25.8. The number of carbonyl (C=O) groups is 1. The van der Waals surface area contributed by atoms with E-state index in [2.05, 4.69) is 71.9 Å². The standard InChI is InChI=1S/C49H72O3/c1-7-8-9-10-11-12-13-33-51-41-24-21-38(22-25-41)37-17-19-39(20-18-37)47(50)52-42-29-31-48(5)40(34-42)23-26-43-45-28-27-44(36(4)16-14-15-35(2)3)49(45,6)32-30-46(43)48/h17-25,35-36,42-46H,7-16,26-34H2,1-6H3/t36-,42+,43+,44-,45+,46+,48+,49-/m1/s1. The SMILES string of the molecule is CCCCCCCCCOc1ccc(-c2ccc(C(=O)O[C@H]3CC[C@@]4(C)C(=CC[C@H]5[C@@H]6CC[C@H]([C@H](C)CCCC(C)C)[C@@]6(C)CC[C@@H]54)C3)cc2)cc1. The Labute approximate surface area is 318 Å². The lowest BCUT2D eigenvalue weighted by Crippen LogP contribution is -2.51. The Morgan fingerprint density at radius 1 is 0.769 bits per heavy atom. The first-order valence-electron chi connectivity index (χ1n) is 21.9. The minimum Gasteiger partial charge on any atom is -0.494 e. The molecule has 0 saturated heterocycles. The Kier molecular flexibility index (Phi) is 13.3. The summed E-state index contributed by atoms with van der Waals surface area (Å²) in [5, 5.41) is 0. The number of ether oxygens (including phenoxy) is 2. The van der Waals surface area contributed by atoms with E-state index in [1.54, 1.807) is 5.57 Å². The Bertz CT molecular complexity index is 1450. The number of unbranched alkanes of at least 4 members (excludes halogenated alkanes) is 6. The van der Waals surface area contributed by atoms with Gasteiger partial charge < -0.3 is 9.47 Å². The summed E-state index contributed by atoms with van der Waals surface area (Å²) in [5.74, 6) is 5.81. The van der Waals surface area contributed by atoms with Gasteiger partial charge in [-0.2, -0.15) is 0 Å². The molecular formula is C49H72O3. The van der Waals surface area contributed by atoms with Crippen molar-refractivity contribution >= 4 is 5.97 Å². The predicted molar refractivity (Wildman–Crippen MR) is 218 cm³/mol. The van der Waals surface area contributed by atoms with Crippen LogP contribution in [0.15, 0.2) is 60.2 Å². The molecule has 0 amide bonds. The number of allylic oxidation sites excluding steroid dienone is 1. The Morgan fingerprint density at radius 2 is 1.46 bits per heavy atom. The first-order chi connectivity index (χ1) is 25.1. The summed E-state index contributed by atoms with van der Waals surface area (Å²) >= 11 is 0. The lowest BCUT2D eigenvalue weighted by Gasteiger charge is -2.58. The summed E-state index contributed by atoms with van der Waals surface area (Å²) in [7, 11) is 0. The van der Waals surface area contributed by atoms with Crippen LogP contribution in [-0.4, -0.2) is 18.7 Å². The normalized spacial score (nSPS) is 30.2. The predicted octanol–water partition coefficient (Wildman–Crippen LogP) is 14.0. The van der Waals surface area contributed by atoms with Gasteiger partial charge in [0.25, 0.3) is 0 Å². The van der Waals surface area contributed by atoms with Gasteiger partial charge in [0.1, 0.15) is 11.9 Å². The van der Waals surface area contributed by atoms with Gasteiger partial charge in [-0.15, -0.1) is 0 Å². The van der Waals surface area contributed by atoms with Crippen LogP contribution in [0.5, 0.6) is 5.75 Å². The summed E-state index contributed by atoms with van der Waals surface area (Å²) < 4.78 is 12.2. The number of hydrogen-bond donors (Lipinski definition) is 0. The van der Waals surface area contributed by atoms with Gasteiger partial charge >= 0.3 is 5.97 Å². The van der Waals surface area contributed by atoms with E-state index in [0.29, 0.717) is 11.0 Å². The number of rotatable bonds is 17. The number of carbonyl (C=O) groups excluding carboxylic acids is 1. The quantitative estimate of drug-likeness (QED) is 0.0932. The smallest absolute Gasteiger partial charge is 0.338 e. The number of benzene rings is 2. The molecule has 286 valence electrons. The minimum absolute atomic E-state index is 0.0203. The van der Waals surface area contributed by atoms with Crippen LogP contribution in [0.3, 0.4) is 0 Å². The second kappa shape index (κ2) is 17.7. The van der Waals surface area contributed by atoms with E-state index >= 15 is 0 Å². The van der Waals surface area contributed by atoms with Crippen molar-refractivity contribution in [2.75, 3.05) is 6.61 Å². The van der Waals surface area contributed by atoms with Crippen molar-refractivity contribution in [2.24, 2.45) is 46.3 Å². The molecule has 0 spiro atoms. The molecule has 3 nitrogen and oxygen atoms in total. The van der Waals surface area contributed by atoms with Crippen molar-refractivity contribution < 1.29 is 14.3 Å². The van der Waals surface area contributed by atoms with Crippen molar-refractivity contribution in [3.8, 4) is 16.9 Å². The second-order valence-corrected chi connectivity index (χ2v) is 18.6. The fourth-order valence-electron chi connectivity index (χ4n) is 11.8. The molecule has 0 N–H and O–H groups in total. The molecule has 0 heterocycles. The van der Waals surface area contributed by atoms with E-state index in [0.717, 1.165) is 84.7 Å². The van der Waals surface area contributed by atoms with Crippen LogP contribution in [0.25, 0.3) is 11.1 Å². The van der Waals surface area contributed by atoms with Crippen LogP contribution in [0.4, 0.5) is 0 Å². The van der Waals surface area contributed by atoms with Crippen molar-refractivity contribution in [1.82, 2.24) is 0 Å². The molecule has 4 aliphatic carbocycles. The Morgan fingerprint density at radius 3 is 2.17 bits per heavy atom. The molecule has 6 rings (SSSR count). The largest absolute Gasteiger partial charge is 0.494 e. The first-order valence-corrected chi connectivity index (χ1v) is 21.9. The highest BCUT2D eigenvalue weighted by molar-refractivity contribution is 5.90. The molecule has 4 aliphatic rings. The van der Waals surface area contributed by atoms with Gasteiger partial charge in [0.2, 0.25) is 0 Å². The third kappa shape index (κ3) is 8.87. The van der Waals surface area contributed by atoms with Gasteiger partial charge in [-0.25, -0.2) is 4.79 Å². The third-order valence-electron chi connectivity index (χ3n) is 14.9. The zero-order chi connectivity index (χ0) is 36.7. The third-order valence-corrected chi connectivity index (χ3v) is 14.9. The topological polar surface area (TPSA) is 35.5 Å². The monoisotopic (exact) mass is 709 g/mol. The second-order valence-electron chi connectivity index (χ2n) is 18.6. The molecule has 8 atom stereocenters. The van der Waals surface area contributed by atoms with Gasteiger partial charge in [0.15, 0.2) is 0 Å². The molecule has 52 heavy (non-hydrogen) atoms. The zero-order valence-corrected chi connectivity index (χ0v) is 33.9. The van der Waals surface area contributed by atoms with Crippen LogP contribution in [0.2, 0.25) is 0 Å². The molecule has 2 aromatic rings. The van der Waals surface area contributed by atoms with Crippen molar-refractivity contribution in [2.45, 2.75) is 163 Å². The summed E-state index contributed by atoms with van der Waals surface area (Å²) in [6.45, 7) is 15.6. The van der Waals surface area contributed by atoms with E-state index in [4.69, 9.17) is 9.47 Å². The van der Waals surface area contributed by atoms with Gasteiger partial charge in [0, 0.05) is 6.42 Å². The van der Waals surface area contributed by atoms with Crippen LogP contribution >= 0.6 is 0 Å². The molecule has 3 saturated carbocycles. The summed E-state index contributed by atoms with van der Waals surface area (Å²) in [6, 6.07) is 16.3. The Hall–Kier alpha value is -2.55. The fraction of sp³-hybridized carbons (Fsp3) is 0.694. The first kappa shape index (κ1) is 39.2. The molecular weight excluding hydrogens is 637 g/mol. The fourth-order valence-corrected chi connectivity index (χ4v) is 11.8. The highest BCUT2D eigenvalue weighted by atomic mass is 16.5. The lowest BCUT2D eigenvalue weighted by atomic mass is 9.47. The van der Waals surface area contributed by atoms with E-state index in [1.165, 1.54) is 89.9 Å². The van der Waals surface area contributed by atoms with Gasteiger partial charge in [-0.05, 0) is 133 Å². The summed E-state index contributed by atoms with van der Waals surface area (Å²) in [4.78, 5) is 13.4. The van der Waals surface area contributed by atoms with Crippen LogP contribution in [-0.2, 0) is 4.74 Å². The maximum Gasteiger partial charge on any atom is 0.338 e. The van der Waals surface area contributed by atoms with E-state index in [-0.39, 0.29) is 17.5 Å². The number of esters is 1. The number of fused-ring (bicyclic) bond motifs is 5. The molecule has 0 radical (unpaired) electrons. The molecule has 3 fully saturated rings. The highest BCUT2D eigenvalue weighted by Crippen LogP contribution is 2.67. The molecule has 2 aromatic carbocycles. The average molecular weight is 709 g/mol. The van der Waals surface area contributed by atoms with Crippen molar-refractivity contribution in [3.63, 3.8) is 0 Å². The van der Waals surface area contributed by atoms with Crippen LogP contribution in [0.1, 0.15) is 167 Å². The molecule has 3 heteroatoms. The lowest BCUT2D eigenvalue weighted by molar-refractivity contribution is -0.0594. The van der Waals surface area contributed by atoms with E-state index in [1.807, 2.05) is 24.3 Å². The number of hydrogen-bond acceptors (Lipinski definition) is 3. The van der Waals surface area contributed by atoms with Crippen molar-refractivity contribution in [1.29, 1.82) is 0 Å². The van der Waals surface area contributed by atoms with Crippen LogP contribution < -0.4 is 4.74 Å². The van der Waals surface area contributed by atoms with E-state index in [9.17, 15) is 4.79 Å². The van der Waals surface area contributed by atoms with Gasteiger partial charge in [0.05, 0.1) is 12.2 Å². The minimum atomic E-state index is -0.184. The maximum atomic E-state index is 13.4. The highest BCUT2D eigenvalue weighted by Gasteiger charge is 2.59. The maximum absolute atomic E-state index is 13.4.